The van der Waals surface area contributed by atoms with Gasteiger partial charge >= 0.3 is 6.18 Å². The van der Waals surface area contributed by atoms with E-state index < -0.39 is 11.7 Å². The lowest BCUT2D eigenvalue weighted by Crippen LogP contribution is -2.38. The van der Waals surface area contributed by atoms with Gasteiger partial charge in [-0.25, -0.2) is 4.98 Å². The van der Waals surface area contributed by atoms with Crippen molar-refractivity contribution in [2.24, 2.45) is 0 Å². The third kappa shape index (κ3) is 5.13. The van der Waals surface area contributed by atoms with E-state index in [1.807, 2.05) is 0 Å². The first-order valence-electron chi connectivity index (χ1n) is 9.29. The van der Waals surface area contributed by atoms with E-state index >= 15 is 0 Å². The van der Waals surface area contributed by atoms with E-state index in [9.17, 15) is 18.0 Å². The van der Waals surface area contributed by atoms with Crippen molar-refractivity contribution in [3.63, 3.8) is 0 Å². The molecule has 1 aromatic heterocycles. The van der Waals surface area contributed by atoms with Crippen LogP contribution in [0.1, 0.15) is 42.8 Å². The van der Waals surface area contributed by atoms with E-state index in [-0.39, 0.29) is 23.5 Å². The second-order valence-electron chi connectivity index (χ2n) is 7.18. The molecule has 1 saturated heterocycles. The first-order valence-corrected chi connectivity index (χ1v) is 9.29. The Morgan fingerprint density at radius 2 is 1.90 bits per heavy atom. The third-order valence-corrected chi connectivity index (χ3v) is 4.74. The summed E-state index contributed by atoms with van der Waals surface area (Å²) in [7, 11) is 0. The van der Waals surface area contributed by atoms with E-state index in [2.05, 4.69) is 16.5 Å². The predicted molar refractivity (Wildman–Crippen MR) is 102 cm³/mol. The van der Waals surface area contributed by atoms with Crippen molar-refractivity contribution < 1.29 is 22.7 Å². The van der Waals surface area contributed by atoms with Crippen LogP contribution in [0.5, 0.6) is 11.6 Å². The molecular weight excluding hydrogens is 383 g/mol. The topological polar surface area (TPSA) is 55.3 Å². The van der Waals surface area contributed by atoms with Gasteiger partial charge in [-0.1, -0.05) is 12.6 Å². The number of ether oxygens (including phenoxy) is 1. The molecule has 0 bridgehead atoms. The van der Waals surface area contributed by atoms with Crippen molar-refractivity contribution in [1.82, 2.24) is 14.9 Å². The maximum Gasteiger partial charge on any atom is 0.416 e. The number of nitrogens with zero attached hydrogens (tertiary/aromatic N) is 3. The van der Waals surface area contributed by atoms with Crippen LogP contribution in [0.2, 0.25) is 0 Å². The lowest BCUT2D eigenvalue weighted by molar-refractivity contribution is -0.137. The van der Waals surface area contributed by atoms with Gasteiger partial charge in [0.2, 0.25) is 11.8 Å². The Morgan fingerprint density at radius 1 is 1.21 bits per heavy atom. The van der Waals surface area contributed by atoms with Crippen LogP contribution in [0, 0.1) is 6.92 Å². The predicted octanol–water partition coefficient (Wildman–Crippen LogP) is 4.88. The normalized spacial score (nSPS) is 15.3. The van der Waals surface area contributed by atoms with Gasteiger partial charge < -0.3 is 9.64 Å². The molecule has 2 heterocycles. The summed E-state index contributed by atoms with van der Waals surface area (Å²) >= 11 is 0. The van der Waals surface area contributed by atoms with Crippen LogP contribution in [0.15, 0.2) is 42.5 Å². The summed E-state index contributed by atoms with van der Waals surface area (Å²) in [5.74, 6) is 0.836. The van der Waals surface area contributed by atoms with Crippen molar-refractivity contribution >= 4 is 5.91 Å². The van der Waals surface area contributed by atoms with E-state index in [0.717, 1.165) is 12.1 Å². The zero-order valence-electron chi connectivity index (χ0n) is 16.3. The van der Waals surface area contributed by atoms with Gasteiger partial charge in [0.1, 0.15) is 11.6 Å². The number of carbonyl (C=O) groups is 1. The fourth-order valence-electron chi connectivity index (χ4n) is 3.26. The highest BCUT2D eigenvalue weighted by Crippen LogP contribution is 2.33. The van der Waals surface area contributed by atoms with Crippen molar-refractivity contribution in [3.05, 3.63) is 59.6 Å². The molecule has 8 heteroatoms. The molecule has 0 unspecified atom stereocenters. The smallest absolute Gasteiger partial charge is 0.416 e. The Morgan fingerprint density at radius 3 is 2.52 bits per heavy atom. The molecule has 3 rings (SSSR count). The second kappa shape index (κ2) is 8.23. The van der Waals surface area contributed by atoms with Crippen LogP contribution in [-0.2, 0) is 11.0 Å². The first-order chi connectivity index (χ1) is 13.6. The molecule has 154 valence electrons. The maximum absolute atomic E-state index is 12.9. The van der Waals surface area contributed by atoms with Crippen molar-refractivity contribution in [1.29, 1.82) is 0 Å². The fourth-order valence-corrected chi connectivity index (χ4v) is 3.26. The quantitative estimate of drug-likeness (QED) is 0.681. The Hall–Kier alpha value is -2.90. The fraction of sp³-hybridized carbons (Fsp3) is 0.381. The summed E-state index contributed by atoms with van der Waals surface area (Å²) < 4.78 is 44.3. The van der Waals surface area contributed by atoms with Crippen molar-refractivity contribution in [2.45, 2.75) is 38.8 Å². The molecule has 0 N–H and O–H groups in total. The summed E-state index contributed by atoms with van der Waals surface area (Å²) in [4.78, 5) is 22.7. The molecule has 29 heavy (non-hydrogen) atoms. The van der Waals surface area contributed by atoms with Crippen LogP contribution in [0.25, 0.3) is 0 Å². The standard InChI is InChI=1S/C21H22F3N3O2/c1-13(2)20(28)27-9-7-15(8-10-27)19-25-14(3)11-18(26-19)29-17-6-4-5-16(12-17)21(22,23)24/h4-6,11-12,15H,1,7-10H2,2-3H3. The molecule has 2 aromatic rings. The van der Waals surface area contributed by atoms with Gasteiger partial charge in [0, 0.05) is 36.3 Å². The highest BCUT2D eigenvalue weighted by atomic mass is 19.4. The van der Waals surface area contributed by atoms with Gasteiger partial charge in [-0.2, -0.15) is 18.2 Å². The molecule has 0 saturated carbocycles. The largest absolute Gasteiger partial charge is 0.439 e. The minimum Gasteiger partial charge on any atom is -0.439 e. The highest BCUT2D eigenvalue weighted by molar-refractivity contribution is 5.92. The van der Waals surface area contributed by atoms with Crippen LogP contribution >= 0.6 is 0 Å². The van der Waals surface area contributed by atoms with Gasteiger partial charge in [-0.15, -0.1) is 0 Å². The van der Waals surface area contributed by atoms with Gasteiger partial charge in [0.15, 0.2) is 0 Å². The number of aromatic nitrogens is 2. The minimum atomic E-state index is -4.44. The molecule has 0 radical (unpaired) electrons. The summed E-state index contributed by atoms with van der Waals surface area (Å²) in [6, 6.07) is 6.27. The Labute approximate surface area is 167 Å². The maximum atomic E-state index is 12.9. The van der Waals surface area contributed by atoms with Gasteiger partial charge in [0.25, 0.3) is 0 Å². The number of halogens is 3. The lowest BCUT2D eigenvalue weighted by Gasteiger charge is -2.31. The van der Waals surface area contributed by atoms with Crippen LogP contribution in [0.4, 0.5) is 13.2 Å². The van der Waals surface area contributed by atoms with Gasteiger partial charge in [0.05, 0.1) is 5.56 Å². The van der Waals surface area contributed by atoms with E-state index in [4.69, 9.17) is 4.74 Å². The Kier molecular flexibility index (Phi) is 5.91. The zero-order chi connectivity index (χ0) is 21.2. The average Bonchev–Trinajstić information content (AvgIpc) is 2.66. The SMILES string of the molecule is C=C(C)C(=O)N1CCC(c2nc(C)cc(Oc3cccc(C(F)(F)F)c3)n2)CC1. The molecule has 1 amide bonds. The van der Waals surface area contributed by atoms with Gasteiger partial charge in [-0.05, 0) is 44.9 Å². The van der Waals surface area contributed by atoms with Crippen LogP contribution < -0.4 is 4.74 Å². The average molecular weight is 405 g/mol. The number of rotatable bonds is 4. The molecule has 0 atom stereocenters. The number of benzene rings is 1. The summed E-state index contributed by atoms with van der Waals surface area (Å²) in [6.45, 7) is 8.32. The molecule has 5 nitrogen and oxygen atoms in total. The van der Waals surface area contributed by atoms with Crippen molar-refractivity contribution in [2.75, 3.05) is 13.1 Å². The molecule has 0 spiro atoms. The highest BCUT2D eigenvalue weighted by Gasteiger charge is 2.31. The number of amides is 1. The summed E-state index contributed by atoms with van der Waals surface area (Å²) in [6.07, 6.45) is -3.04. The number of alkyl halides is 3. The van der Waals surface area contributed by atoms with E-state index in [1.165, 1.54) is 12.1 Å². The first kappa shape index (κ1) is 20.8. The van der Waals surface area contributed by atoms with Gasteiger partial charge in [-0.3, -0.25) is 4.79 Å². The summed E-state index contributed by atoms with van der Waals surface area (Å²) in [5.41, 5.74) is 0.389. The molecular formula is C21H22F3N3O2. The Balaban J connectivity index is 1.74. The number of hydrogen-bond acceptors (Lipinski definition) is 4. The number of hydrogen-bond donors (Lipinski definition) is 0. The molecule has 1 aliphatic rings. The number of piperidine rings is 1. The second-order valence-corrected chi connectivity index (χ2v) is 7.18. The summed E-state index contributed by atoms with van der Waals surface area (Å²) in [5, 5.41) is 0. The minimum absolute atomic E-state index is 0.0490. The molecule has 1 aliphatic heterocycles. The molecule has 1 aromatic carbocycles. The monoisotopic (exact) mass is 405 g/mol. The number of aryl methyl sites for hydroxylation is 1. The van der Waals surface area contributed by atoms with E-state index in [1.54, 1.807) is 24.8 Å². The van der Waals surface area contributed by atoms with E-state index in [0.29, 0.717) is 43.0 Å². The van der Waals surface area contributed by atoms with Crippen LogP contribution in [0.3, 0.4) is 0 Å². The molecule has 0 aliphatic carbocycles. The Bertz CT molecular complexity index is 920. The zero-order valence-corrected chi connectivity index (χ0v) is 16.3. The number of carbonyl (C=O) groups excluding carboxylic acids is 1. The van der Waals surface area contributed by atoms with Crippen molar-refractivity contribution in [3.8, 4) is 11.6 Å². The number of likely N-dealkylation sites (tertiary alicyclic amines) is 1. The lowest BCUT2D eigenvalue weighted by atomic mass is 9.95. The molecule has 1 fully saturated rings. The van der Waals surface area contributed by atoms with Crippen LogP contribution in [-0.4, -0.2) is 33.9 Å². The third-order valence-electron chi connectivity index (χ3n) is 4.74.